The fraction of sp³-hybridized carbons (Fsp3) is 0.219. The first-order chi connectivity index (χ1) is 21.6. The molecule has 0 atom stereocenters. The highest BCUT2D eigenvalue weighted by Gasteiger charge is 2.34. The maximum atomic E-state index is 15.0. The van der Waals surface area contributed by atoms with Gasteiger partial charge in [-0.15, -0.1) is 11.3 Å². The van der Waals surface area contributed by atoms with Gasteiger partial charge in [0.1, 0.15) is 17.3 Å². The quantitative estimate of drug-likeness (QED) is 0.187. The van der Waals surface area contributed by atoms with E-state index in [1.165, 1.54) is 6.07 Å². The van der Waals surface area contributed by atoms with E-state index in [0.29, 0.717) is 41.2 Å². The molecule has 230 valence electrons. The van der Waals surface area contributed by atoms with Crippen LogP contribution in [0.4, 0.5) is 36.7 Å². The third kappa shape index (κ3) is 6.04. The number of hydrogen-bond acceptors (Lipinski definition) is 8. The van der Waals surface area contributed by atoms with Crippen molar-refractivity contribution in [3.8, 4) is 11.3 Å². The Labute approximate surface area is 262 Å². The number of amides is 3. The van der Waals surface area contributed by atoms with Crippen LogP contribution in [0.1, 0.15) is 26.5 Å². The van der Waals surface area contributed by atoms with Gasteiger partial charge in [-0.1, -0.05) is 12.1 Å². The molecular formula is C32H30F2N8O2S. The number of aryl methyl sites for hydroxylation is 2. The molecule has 1 aliphatic heterocycles. The van der Waals surface area contributed by atoms with E-state index in [2.05, 4.69) is 25.9 Å². The van der Waals surface area contributed by atoms with E-state index >= 15 is 8.78 Å². The normalized spacial score (nSPS) is 12.8. The van der Waals surface area contributed by atoms with Crippen LogP contribution < -0.4 is 20.9 Å². The SMILES string of the molecule is Cc1nc2cc(NC(=O)c3ccc(C)c(-c4nc(NCCN(C)C)nc5c4CNC(=O)N5c4c(F)cccc4F)c3)ccc2s1. The summed E-state index contributed by atoms with van der Waals surface area (Å²) in [5, 5.41) is 9.74. The van der Waals surface area contributed by atoms with E-state index in [1.54, 1.807) is 29.5 Å². The maximum absolute atomic E-state index is 15.0. The number of para-hydroxylation sites is 1. The van der Waals surface area contributed by atoms with Crippen molar-refractivity contribution in [1.82, 2.24) is 25.2 Å². The Hall–Kier alpha value is -5.01. The number of halogens is 2. The van der Waals surface area contributed by atoms with Crippen molar-refractivity contribution < 1.29 is 18.4 Å². The summed E-state index contributed by atoms with van der Waals surface area (Å²) in [6.07, 6.45) is 0. The highest BCUT2D eigenvalue weighted by atomic mass is 32.1. The topological polar surface area (TPSA) is 115 Å². The Morgan fingerprint density at radius 3 is 2.58 bits per heavy atom. The van der Waals surface area contributed by atoms with Gasteiger partial charge in [0.15, 0.2) is 5.82 Å². The monoisotopic (exact) mass is 628 g/mol. The lowest BCUT2D eigenvalue weighted by molar-refractivity contribution is 0.102. The fourth-order valence-electron chi connectivity index (χ4n) is 5.10. The number of nitrogens with one attached hydrogen (secondary N) is 3. The zero-order valence-corrected chi connectivity index (χ0v) is 25.9. The van der Waals surface area contributed by atoms with Crippen molar-refractivity contribution in [3.63, 3.8) is 0 Å². The maximum Gasteiger partial charge on any atom is 0.328 e. The molecule has 5 aromatic rings. The van der Waals surface area contributed by atoms with E-state index in [1.807, 2.05) is 51.0 Å². The van der Waals surface area contributed by atoms with Crippen molar-refractivity contribution in [2.45, 2.75) is 20.4 Å². The van der Waals surface area contributed by atoms with Gasteiger partial charge in [-0.3, -0.25) is 4.79 Å². The molecule has 0 spiro atoms. The molecular weight excluding hydrogens is 598 g/mol. The zero-order chi connectivity index (χ0) is 31.8. The van der Waals surface area contributed by atoms with Crippen LogP contribution in [0.3, 0.4) is 0 Å². The Morgan fingerprint density at radius 2 is 1.82 bits per heavy atom. The number of likely N-dealkylation sites (N-methyl/N-ethyl adjacent to an activating group) is 1. The third-order valence-electron chi connectivity index (χ3n) is 7.33. The number of fused-ring (bicyclic) bond motifs is 2. The van der Waals surface area contributed by atoms with Gasteiger partial charge >= 0.3 is 6.03 Å². The van der Waals surface area contributed by atoms with Gasteiger partial charge in [-0.2, -0.15) is 4.98 Å². The number of benzene rings is 3. The Kier molecular flexibility index (Phi) is 8.12. The van der Waals surface area contributed by atoms with E-state index < -0.39 is 23.4 Å². The second-order valence-corrected chi connectivity index (χ2v) is 12.1. The average Bonchev–Trinajstić information content (AvgIpc) is 3.37. The van der Waals surface area contributed by atoms with Crippen LogP contribution in [0.25, 0.3) is 21.5 Å². The van der Waals surface area contributed by atoms with Crippen LogP contribution in [-0.2, 0) is 6.54 Å². The number of carbonyl (C=O) groups is 2. The lowest BCUT2D eigenvalue weighted by Gasteiger charge is -2.31. The molecule has 2 aromatic heterocycles. The van der Waals surface area contributed by atoms with Gasteiger partial charge in [-0.25, -0.2) is 28.4 Å². The Balaban J connectivity index is 1.43. The Bertz CT molecular complexity index is 1940. The number of rotatable bonds is 8. The molecule has 10 nitrogen and oxygen atoms in total. The predicted octanol–water partition coefficient (Wildman–Crippen LogP) is 6.24. The number of urea groups is 1. The molecule has 6 rings (SSSR count). The number of hydrogen-bond donors (Lipinski definition) is 3. The lowest BCUT2D eigenvalue weighted by atomic mass is 9.97. The molecule has 0 bridgehead atoms. The molecule has 3 heterocycles. The van der Waals surface area contributed by atoms with Gasteiger partial charge < -0.3 is 20.9 Å². The lowest BCUT2D eigenvalue weighted by Crippen LogP contribution is -2.43. The van der Waals surface area contributed by atoms with Gasteiger partial charge in [0.25, 0.3) is 5.91 Å². The molecule has 0 radical (unpaired) electrons. The van der Waals surface area contributed by atoms with Gasteiger partial charge in [0.05, 0.1) is 27.5 Å². The van der Waals surface area contributed by atoms with Crippen molar-refractivity contribution in [3.05, 3.63) is 87.9 Å². The van der Waals surface area contributed by atoms with E-state index in [4.69, 9.17) is 4.98 Å². The van der Waals surface area contributed by atoms with Crippen LogP contribution in [-0.4, -0.2) is 59.0 Å². The van der Waals surface area contributed by atoms with Crippen molar-refractivity contribution >= 4 is 56.6 Å². The van der Waals surface area contributed by atoms with Crippen LogP contribution in [0.2, 0.25) is 0 Å². The van der Waals surface area contributed by atoms with Gasteiger partial charge in [0, 0.05) is 35.5 Å². The van der Waals surface area contributed by atoms with Crippen molar-refractivity contribution in [2.75, 3.05) is 42.7 Å². The highest BCUT2D eigenvalue weighted by molar-refractivity contribution is 7.18. The number of anilines is 4. The first-order valence-electron chi connectivity index (χ1n) is 14.2. The largest absolute Gasteiger partial charge is 0.353 e. The summed E-state index contributed by atoms with van der Waals surface area (Å²) in [6, 6.07) is 13.5. The molecule has 13 heteroatoms. The standard InChI is InChI=1S/C32H30F2N8O2S/c1-17-8-9-19(30(43)38-20-10-11-26-25(15-20)37-18(2)45-26)14-21(17)27-22-16-36-32(44)42(28-23(33)6-5-7-24(28)34)29(22)40-31(39-27)35-12-13-41(3)4/h5-11,14-15H,12-13,16H2,1-4H3,(H,36,44)(H,38,43)(H,35,39,40). The Morgan fingerprint density at radius 1 is 1.04 bits per heavy atom. The summed E-state index contributed by atoms with van der Waals surface area (Å²) in [4.78, 5) is 43.3. The molecule has 0 aliphatic carbocycles. The highest BCUT2D eigenvalue weighted by Crippen LogP contribution is 2.39. The smallest absolute Gasteiger partial charge is 0.328 e. The molecule has 1 aliphatic rings. The van der Waals surface area contributed by atoms with Crippen LogP contribution in [0.15, 0.2) is 54.6 Å². The first kappa shape index (κ1) is 30.0. The predicted molar refractivity (Wildman–Crippen MR) is 172 cm³/mol. The minimum absolute atomic E-state index is 0.0109. The van der Waals surface area contributed by atoms with Gasteiger partial charge in [-0.05, 0) is 76.0 Å². The summed E-state index contributed by atoms with van der Waals surface area (Å²) in [5.41, 5.74) is 3.51. The van der Waals surface area contributed by atoms with E-state index in [0.717, 1.165) is 37.8 Å². The summed E-state index contributed by atoms with van der Waals surface area (Å²) < 4.78 is 31.1. The van der Waals surface area contributed by atoms with Gasteiger partial charge in [0.2, 0.25) is 5.95 Å². The number of thiazole rings is 1. The minimum Gasteiger partial charge on any atom is -0.353 e. The number of carbonyl (C=O) groups excluding carboxylic acids is 2. The van der Waals surface area contributed by atoms with Crippen LogP contribution in [0, 0.1) is 25.5 Å². The molecule has 3 N–H and O–H groups in total. The van der Waals surface area contributed by atoms with Crippen molar-refractivity contribution in [1.29, 1.82) is 0 Å². The summed E-state index contributed by atoms with van der Waals surface area (Å²) in [6.45, 7) is 4.94. The molecule has 3 amide bonds. The number of aromatic nitrogens is 3. The second kappa shape index (κ2) is 12.2. The van der Waals surface area contributed by atoms with E-state index in [-0.39, 0.29) is 24.2 Å². The molecule has 3 aromatic carbocycles. The second-order valence-electron chi connectivity index (χ2n) is 10.9. The zero-order valence-electron chi connectivity index (χ0n) is 25.0. The average molecular weight is 629 g/mol. The van der Waals surface area contributed by atoms with Crippen molar-refractivity contribution in [2.24, 2.45) is 0 Å². The summed E-state index contributed by atoms with van der Waals surface area (Å²) in [5.74, 6) is -1.95. The molecule has 45 heavy (non-hydrogen) atoms. The minimum atomic E-state index is -0.916. The molecule has 0 unspecified atom stereocenters. The van der Waals surface area contributed by atoms with E-state index in [9.17, 15) is 9.59 Å². The summed E-state index contributed by atoms with van der Waals surface area (Å²) >= 11 is 1.58. The third-order valence-corrected chi connectivity index (χ3v) is 8.28. The number of nitrogens with zero attached hydrogens (tertiary/aromatic N) is 5. The fourth-order valence-corrected chi connectivity index (χ4v) is 5.91. The first-order valence-corrected chi connectivity index (χ1v) is 15.0. The molecule has 0 saturated heterocycles. The summed E-state index contributed by atoms with van der Waals surface area (Å²) in [7, 11) is 3.84. The molecule has 0 saturated carbocycles. The van der Waals surface area contributed by atoms with Crippen LogP contribution >= 0.6 is 11.3 Å². The van der Waals surface area contributed by atoms with Crippen LogP contribution in [0.5, 0.6) is 0 Å². The molecule has 0 fully saturated rings.